The van der Waals surface area contributed by atoms with Crippen LogP contribution in [0, 0.1) is 5.92 Å². The molecule has 1 aromatic heterocycles. The van der Waals surface area contributed by atoms with Crippen LogP contribution in [-0.4, -0.2) is 46.9 Å². The van der Waals surface area contributed by atoms with Crippen molar-refractivity contribution in [3.8, 4) is 5.88 Å². The molecule has 0 atom stereocenters. The molecule has 1 saturated carbocycles. The van der Waals surface area contributed by atoms with E-state index in [-0.39, 0.29) is 18.8 Å². The molecule has 2 heterocycles. The highest BCUT2D eigenvalue weighted by Crippen LogP contribution is 2.31. The molecule has 0 bridgehead atoms. The number of anilines is 1. The van der Waals surface area contributed by atoms with Crippen molar-refractivity contribution in [2.24, 2.45) is 11.7 Å². The number of ether oxygens (including phenoxy) is 1. The summed E-state index contributed by atoms with van der Waals surface area (Å²) in [5.41, 5.74) is 5.78. The first-order valence-electron chi connectivity index (χ1n) is 7.35. The molecule has 2 aliphatic rings. The first-order valence-corrected chi connectivity index (χ1v) is 7.35. The van der Waals surface area contributed by atoms with Gasteiger partial charge in [-0.3, -0.25) is 0 Å². The van der Waals surface area contributed by atoms with E-state index in [1.807, 2.05) is 0 Å². The van der Waals surface area contributed by atoms with E-state index in [1.54, 1.807) is 12.4 Å². The lowest BCUT2D eigenvalue weighted by Gasteiger charge is -2.35. The van der Waals surface area contributed by atoms with E-state index >= 15 is 0 Å². The van der Waals surface area contributed by atoms with Gasteiger partial charge in [0.15, 0.2) is 5.82 Å². The first kappa shape index (κ1) is 13.6. The SMILES string of the molecule is NC1CC(Oc2nccnc2N2CCC(CO)CC2)C1. The summed E-state index contributed by atoms with van der Waals surface area (Å²) in [7, 11) is 0. The second-order valence-electron chi connectivity index (χ2n) is 5.77. The van der Waals surface area contributed by atoms with Gasteiger partial charge >= 0.3 is 0 Å². The van der Waals surface area contributed by atoms with Crippen molar-refractivity contribution in [2.75, 3.05) is 24.6 Å². The predicted molar refractivity (Wildman–Crippen MR) is 75.7 cm³/mol. The Morgan fingerprint density at radius 2 is 1.95 bits per heavy atom. The van der Waals surface area contributed by atoms with Gasteiger partial charge in [-0.2, -0.15) is 0 Å². The number of aromatic nitrogens is 2. The lowest BCUT2D eigenvalue weighted by atomic mass is 9.90. The van der Waals surface area contributed by atoms with Gasteiger partial charge in [0, 0.05) is 38.1 Å². The van der Waals surface area contributed by atoms with Crippen LogP contribution in [0.25, 0.3) is 0 Å². The molecular formula is C14H22N4O2. The Balaban J connectivity index is 1.66. The fourth-order valence-electron chi connectivity index (χ4n) is 2.81. The minimum Gasteiger partial charge on any atom is -0.472 e. The average molecular weight is 278 g/mol. The minimum atomic E-state index is 0.176. The molecule has 1 aliphatic carbocycles. The van der Waals surface area contributed by atoms with E-state index in [1.165, 1.54) is 0 Å². The Bertz CT molecular complexity index is 443. The van der Waals surface area contributed by atoms with Crippen molar-refractivity contribution in [1.82, 2.24) is 9.97 Å². The topological polar surface area (TPSA) is 84.5 Å². The first-order chi connectivity index (χ1) is 9.76. The summed E-state index contributed by atoms with van der Waals surface area (Å²) < 4.78 is 5.91. The maximum atomic E-state index is 9.20. The lowest BCUT2D eigenvalue weighted by Crippen LogP contribution is -2.44. The normalized spacial score (nSPS) is 27.2. The van der Waals surface area contributed by atoms with Crippen LogP contribution in [0.1, 0.15) is 25.7 Å². The minimum absolute atomic E-state index is 0.176. The molecule has 110 valence electrons. The quantitative estimate of drug-likeness (QED) is 0.837. The number of hydrogen-bond donors (Lipinski definition) is 2. The molecular weight excluding hydrogens is 256 g/mol. The molecule has 3 rings (SSSR count). The molecule has 1 saturated heterocycles. The number of nitrogens with zero attached hydrogens (tertiary/aromatic N) is 3. The van der Waals surface area contributed by atoms with E-state index in [4.69, 9.17) is 10.5 Å². The van der Waals surface area contributed by atoms with E-state index < -0.39 is 0 Å². The number of aliphatic hydroxyl groups is 1. The molecule has 6 heteroatoms. The van der Waals surface area contributed by atoms with Crippen LogP contribution in [0.2, 0.25) is 0 Å². The number of piperidine rings is 1. The van der Waals surface area contributed by atoms with Crippen molar-refractivity contribution < 1.29 is 9.84 Å². The maximum absolute atomic E-state index is 9.20. The van der Waals surface area contributed by atoms with Crippen LogP contribution >= 0.6 is 0 Å². The molecule has 0 unspecified atom stereocenters. The molecule has 20 heavy (non-hydrogen) atoms. The molecule has 2 fully saturated rings. The van der Waals surface area contributed by atoms with Crippen LogP contribution in [-0.2, 0) is 0 Å². The van der Waals surface area contributed by atoms with Crippen molar-refractivity contribution in [3.05, 3.63) is 12.4 Å². The molecule has 0 spiro atoms. The third kappa shape index (κ3) is 2.86. The number of nitrogens with two attached hydrogens (primary N) is 1. The van der Waals surface area contributed by atoms with E-state index in [0.29, 0.717) is 11.8 Å². The Kier molecular flexibility index (Phi) is 4.03. The maximum Gasteiger partial charge on any atom is 0.257 e. The third-order valence-electron chi connectivity index (χ3n) is 4.23. The molecule has 0 aromatic carbocycles. The number of hydrogen-bond acceptors (Lipinski definition) is 6. The fraction of sp³-hybridized carbons (Fsp3) is 0.714. The molecule has 1 aromatic rings. The van der Waals surface area contributed by atoms with Crippen molar-refractivity contribution in [3.63, 3.8) is 0 Å². The molecule has 3 N–H and O–H groups in total. The Morgan fingerprint density at radius 1 is 1.25 bits per heavy atom. The average Bonchev–Trinajstić information content (AvgIpc) is 2.46. The highest BCUT2D eigenvalue weighted by Gasteiger charge is 2.30. The predicted octanol–water partition coefficient (Wildman–Crippen LogP) is 0.554. The summed E-state index contributed by atoms with van der Waals surface area (Å²) in [6.07, 6.45) is 7.30. The summed E-state index contributed by atoms with van der Waals surface area (Å²) in [6, 6.07) is 0.264. The van der Waals surface area contributed by atoms with Gasteiger partial charge < -0.3 is 20.5 Å². The van der Waals surface area contributed by atoms with E-state index in [2.05, 4.69) is 14.9 Å². The lowest BCUT2D eigenvalue weighted by molar-refractivity contribution is 0.0956. The molecule has 0 radical (unpaired) electrons. The van der Waals surface area contributed by atoms with Gasteiger partial charge in [0.25, 0.3) is 5.88 Å². The van der Waals surface area contributed by atoms with Gasteiger partial charge in [-0.1, -0.05) is 0 Å². The third-order valence-corrected chi connectivity index (χ3v) is 4.23. The Hall–Kier alpha value is -1.40. The zero-order chi connectivity index (χ0) is 13.9. The van der Waals surface area contributed by atoms with Crippen LogP contribution in [0.4, 0.5) is 5.82 Å². The second-order valence-corrected chi connectivity index (χ2v) is 5.77. The summed E-state index contributed by atoms with van der Waals surface area (Å²) in [4.78, 5) is 11.0. The fourth-order valence-corrected chi connectivity index (χ4v) is 2.81. The van der Waals surface area contributed by atoms with Crippen molar-refractivity contribution in [2.45, 2.75) is 37.8 Å². The molecule has 1 aliphatic heterocycles. The smallest absolute Gasteiger partial charge is 0.257 e. The van der Waals surface area contributed by atoms with Gasteiger partial charge in [0.05, 0.1) is 0 Å². The van der Waals surface area contributed by atoms with Crippen LogP contribution < -0.4 is 15.4 Å². The number of rotatable bonds is 4. The van der Waals surface area contributed by atoms with Gasteiger partial charge in [0.2, 0.25) is 0 Å². The van der Waals surface area contributed by atoms with Gasteiger partial charge in [-0.15, -0.1) is 0 Å². The standard InChI is InChI=1S/C14H22N4O2/c15-11-7-12(8-11)20-14-13(16-3-4-17-14)18-5-1-10(9-19)2-6-18/h3-4,10-12,19H,1-2,5-9,15H2. The molecule has 6 nitrogen and oxygen atoms in total. The van der Waals surface area contributed by atoms with Crippen molar-refractivity contribution in [1.29, 1.82) is 0 Å². The van der Waals surface area contributed by atoms with Crippen LogP contribution in [0.15, 0.2) is 12.4 Å². The zero-order valence-corrected chi connectivity index (χ0v) is 11.6. The zero-order valence-electron chi connectivity index (χ0n) is 11.6. The molecule has 0 amide bonds. The van der Waals surface area contributed by atoms with Gasteiger partial charge in [0.1, 0.15) is 6.10 Å². The summed E-state index contributed by atoms with van der Waals surface area (Å²) in [5, 5.41) is 9.20. The highest BCUT2D eigenvalue weighted by molar-refractivity contribution is 5.48. The van der Waals surface area contributed by atoms with Gasteiger partial charge in [-0.05, 0) is 31.6 Å². The number of aliphatic hydroxyl groups excluding tert-OH is 1. The van der Waals surface area contributed by atoms with E-state index in [0.717, 1.165) is 44.6 Å². The van der Waals surface area contributed by atoms with Crippen molar-refractivity contribution >= 4 is 5.82 Å². The Labute approximate surface area is 119 Å². The van der Waals surface area contributed by atoms with Gasteiger partial charge in [-0.25, -0.2) is 9.97 Å². The largest absolute Gasteiger partial charge is 0.472 e. The van der Waals surface area contributed by atoms with E-state index in [9.17, 15) is 5.11 Å². The Morgan fingerprint density at radius 3 is 2.60 bits per heavy atom. The summed E-state index contributed by atoms with van der Waals surface area (Å²) in [6.45, 7) is 2.06. The summed E-state index contributed by atoms with van der Waals surface area (Å²) >= 11 is 0. The summed E-state index contributed by atoms with van der Waals surface area (Å²) in [5.74, 6) is 1.85. The monoisotopic (exact) mass is 278 g/mol. The highest BCUT2D eigenvalue weighted by atomic mass is 16.5. The van der Waals surface area contributed by atoms with Crippen LogP contribution in [0.3, 0.4) is 0 Å². The van der Waals surface area contributed by atoms with Crippen LogP contribution in [0.5, 0.6) is 5.88 Å². The second kappa shape index (κ2) is 5.93.